The molecule has 0 radical (unpaired) electrons. The molecule has 1 fully saturated rings. The second-order valence-electron chi connectivity index (χ2n) is 5.70. The van der Waals surface area contributed by atoms with Gasteiger partial charge in [0.25, 0.3) is 0 Å². The standard InChI is InChI=1S/C13H16BF3O3/c1-12(2)13(3,4)20-14(19-12)7-6-8(18-5)10(16)11(17)9(7)15/h6H,1-5H3. The number of hydrogen-bond acceptors (Lipinski definition) is 3. The summed E-state index contributed by atoms with van der Waals surface area (Å²) in [7, 11) is 0.0491. The van der Waals surface area contributed by atoms with Crippen molar-refractivity contribution >= 4 is 12.6 Å². The fourth-order valence-electron chi connectivity index (χ4n) is 1.89. The molecule has 110 valence electrons. The molecule has 1 aliphatic rings. The first-order valence-corrected chi connectivity index (χ1v) is 6.17. The summed E-state index contributed by atoms with van der Waals surface area (Å²) in [5.41, 5.74) is -1.64. The first-order valence-electron chi connectivity index (χ1n) is 6.17. The second kappa shape index (κ2) is 4.67. The smallest absolute Gasteiger partial charge is 0.494 e. The molecule has 0 N–H and O–H groups in total. The van der Waals surface area contributed by atoms with Crippen LogP contribution in [0.25, 0.3) is 0 Å². The lowest BCUT2D eigenvalue weighted by Gasteiger charge is -2.32. The molecule has 1 aromatic carbocycles. The Kier molecular flexibility index (Phi) is 3.54. The van der Waals surface area contributed by atoms with Gasteiger partial charge in [0.2, 0.25) is 5.82 Å². The zero-order valence-electron chi connectivity index (χ0n) is 12.0. The largest absolute Gasteiger partial charge is 0.498 e. The lowest BCUT2D eigenvalue weighted by Crippen LogP contribution is -2.41. The molecule has 1 heterocycles. The zero-order chi connectivity index (χ0) is 15.3. The molecule has 0 aliphatic carbocycles. The summed E-state index contributed by atoms with van der Waals surface area (Å²) in [5.74, 6) is -4.70. The molecule has 0 bridgehead atoms. The minimum Gasteiger partial charge on any atom is -0.494 e. The minimum atomic E-state index is -1.60. The van der Waals surface area contributed by atoms with Crippen molar-refractivity contribution in [3.8, 4) is 5.75 Å². The van der Waals surface area contributed by atoms with Gasteiger partial charge in [0.05, 0.1) is 18.3 Å². The fraction of sp³-hybridized carbons (Fsp3) is 0.538. The number of rotatable bonds is 2. The first kappa shape index (κ1) is 15.2. The highest BCUT2D eigenvalue weighted by atomic mass is 19.2. The maximum absolute atomic E-state index is 13.9. The third-order valence-corrected chi connectivity index (χ3v) is 3.87. The van der Waals surface area contributed by atoms with Gasteiger partial charge in [0.1, 0.15) is 0 Å². The van der Waals surface area contributed by atoms with Crippen LogP contribution in [-0.4, -0.2) is 25.4 Å². The van der Waals surface area contributed by atoms with Crippen LogP contribution in [-0.2, 0) is 9.31 Å². The van der Waals surface area contributed by atoms with Gasteiger partial charge < -0.3 is 14.0 Å². The predicted molar refractivity (Wildman–Crippen MR) is 68.6 cm³/mol. The van der Waals surface area contributed by atoms with Crippen LogP contribution in [0.5, 0.6) is 5.75 Å². The van der Waals surface area contributed by atoms with E-state index in [0.717, 1.165) is 6.07 Å². The van der Waals surface area contributed by atoms with E-state index in [1.165, 1.54) is 7.11 Å². The van der Waals surface area contributed by atoms with Crippen molar-refractivity contribution in [2.24, 2.45) is 0 Å². The quantitative estimate of drug-likeness (QED) is 0.618. The van der Waals surface area contributed by atoms with Crippen LogP contribution < -0.4 is 10.2 Å². The van der Waals surface area contributed by atoms with Crippen molar-refractivity contribution in [2.75, 3.05) is 7.11 Å². The van der Waals surface area contributed by atoms with Gasteiger partial charge in [-0.2, -0.15) is 4.39 Å². The Balaban J connectivity index is 2.48. The monoisotopic (exact) mass is 288 g/mol. The second-order valence-corrected chi connectivity index (χ2v) is 5.70. The van der Waals surface area contributed by atoms with Crippen molar-refractivity contribution in [3.05, 3.63) is 23.5 Å². The van der Waals surface area contributed by atoms with Crippen molar-refractivity contribution in [1.29, 1.82) is 0 Å². The van der Waals surface area contributed by atoms with Gasteiger partial charge in [-0.3, -0.25) is 0 Å². The van der Waals surface area contributed by atoms with Gasteiger partial charge in [-0.1, -0.05) is 0 Å². The Labute approximate surface area is 116 Å². The lowest BCUT2D eigenvalue weighted by atomic mass is 9.78. The van der Waals surface area contributed by atoms with Crippen molar-refractivity contribution < 1.29 is 27.2 Å². The molecule has 0 spiro atoms. The van der Waals surface area contributed by atoms with E-state index < -0.39 is 41.5 Å². The molecule has 0 saturated carbocycles. The van der Waals surface area contributed by atoms with E-state index >= 15 is 0 Å². The number of methoxy groups -OCH3 is 1. The highest BCUT2D eigenvalue weighted by molar-refractivity contribution is 6.62. The maximum atomic E-state index is 13.9. The van der Waals surface area contributed by atoms with Crippen LogP contribution in [0.2, 0.25) is 0 Å². The molecular formula is C13H16BF3O3. The molecular weight excluding hydrogens is 272 g/mol. The van der Waals surface area contributed by atoms with Gasteiger partial charge in [-0.05, 0) is 33.8 Å². The van der Waals surface area contributed by atoms with E-state index in [1.54, 1.807) is 27.7 Å². The van der Waals surface area contributed by atoms with Crippen LogP contribution >= 0.6 is 0 Å². The van der Waals surface area contributed by atoms with Gasteiger partial charge in [-0.15, -0.1) is 0 Å². The predicted octanol–water partition coefficient (Wildman–Crippen LogP) is 2.41. The summed E-state index contributed by atoms with van der Waals surface area (Å²) in [4.78, 5) is 0. The summed E-state index contributed by atoms with van der Waals surface area (Å²) in [6, 6.07) is 1.05. The molecule has 0 unspecified atom stereocenters. The molecule has 20 heavy (non-hydrogen) atoms. The Morgan fingerprint density at radius 3 is 1.90 bits per heavy atom. The molecule has 0 amide bonds. The Morgan fingerprint density at radius 1 is 0.950 bits per heavy atom. The summed E-state index contributed by atoms with van der Waals surface area (Å²) in [6.07, 6.45) is 0. The van der Waals surface area contributed by atoms with Crippen molar-refractivity contribution in [3.63, 3.8) is 0 Å². The summed E-state index contributed by atoms with van der Waals surface area (Å²) >= 11 is 0. The third kappa shape index (κ3) is 2.18. The van der Waals surface area contributed by atoms with Gasteiger partial charge >= 0.3 is 7.12 Å². The van der Waals surface area contributed by atoms with Crippen LogP contribution in [0.3, 0.4) is 0 Å². The van der Waals surface area contributed by atoms with Crippen LogP contribution in [0.4, 0.5) is 13.2 Å². The SMILES string of the molecule is COc1cc(B2OC(C)(C)C(C)(C)O2)c(F)c(F)c1F. The van der Waals surface area contributed by atoms with Gasteiger partial charge in [0, 0.05) is 5.46 Å². The van der Waals surface area contributed by atoms with Crippen molar-refractivity contribution in [1.82, 2.24) is 0 Å². The van der Waals surface area contributed by atoms with E-state index in [4.69, 9.17) is 14.0 Å². The molecule has 0 atom stereocenters. The van der Waals surface area contributed by atoms with Crippen molar-refractivity contribution in [2.45, 2.75) is 38.9 Å². The number of hydrogen-bond donors (Lipinski definition) is 0. The summed E-state index contributed by atoms with van der Waals surface area (Å²) in [6.45, 7) is 7.12. The normalized spacial score (nSPS) is 20.3. The van der Waals surface area contributed by atoms with E-state index in [2.05, 4.69) is 0 Å². The van der Waals surface area contributed by atoms with E-state index in [-0.39, 0.29) is 5.46 Å². The molecule has 2 rings (SSSR count). The Bertz CT molecular complexity index is 530. The molecule has 3 nitrogen and oxygen atoms in total. The fourth-order valence-corrected chi connectivity index (χ4v) is 1.89. The van der Waals surface area contributed by atoms with E-state index in [0.29, 0.717) is 0 Å². The molecule has 1 aromatic rings. The number of ether oxygens (including phenoxy) is 1. The maximum Gasteiger partial charge on any atom is 0.498 e. The minimum absolute atomic E-state index is 0.223. The molecule has 0 aromatic heterocycles. The summed E-state index contributed by atoms with van der Waals surface area (Å²) in [5, 5.41) is 0. The highest BCUT2D eigenvalue weighted by Crippen LogP contribution is 2.37. The third-order valence-electron chi connectivity index (χ3n) is 3.87. The van der Waals surface area contributed by atoms with Gasteiger partial charge in [-0.25, -0.2) is 8.78 Å². The first-order chi connectivity index (χ1) is 9.10. The topological polar surface area (TPSA) is 27.7 Å². The molecule has 1 saturated heterocycles. The average Bonchev–Trinajstić information content (AvgIpc) is 2.56. The highest BCUT2D eigenvalue weighted by Gasteiger charge is 2.53. The molecule has 1 aliphatic heterocycles. The van der Waals surface area contributed by atoms with E-state index in [1.807, 2.05) is 0 Å². The summed E-state index contributed by atoms with van der Waals surface area (Å²) < 4.78 is 56.8. The van der Waals surface area contributed by atoms with Gasteiger partial charge in [0.15, 0.2) is 17.4 Å². The Morgan fingerprint density at radius 2 is 1.45 bits per heavy atom. The van der Waals surface area contributed by atoms with Crippen LogP contribution in [0.1, 0.15) is 27.7 Å². The number of benzene rings is 1. The zero-order valence-corrected chi connectivity index (χ0v) is 12.0. The Hall–Kier alpha value is -1.21. The average molecular weight is 288 g/mol. The lowest BCUT2D eigenvalue weighted by molar-refractivity contribution is 0.00578. The number of halogens is 3. The van der Waals surface area contributed by atoms with E-state index in [9.17, 15) is 13.2 Å². The van der Waals surface area contributed by atoms with Crippen LogP contribution in [0, 0.1) is 17.5 Å². The van der Waals surface area contributed by atoms with Crippen LogP contribution in [0.15, 0.2) is 6.07 Å². The molecule has 7 heteroatoms.